The van der Waals surface area contributed by atoms with Gasteiger partial charge in [-0.15, -0.1) is 0 Å². The van der Waals surface area contributed by atoms with Gasteiger partial charge >= 0.3 is 0 Å². The van der Waals surface area contributed by atoms with Gasteiger partial charge in [0, 0.05) is 36.3 Å². The highest BCUT2D eigenvalue weighted by Gasteiger charge is 2.25. The minimum absolute atomic E-state index is 0.0431. The van der Waals surface area contributed by atoms with Gasteiger partial charge in [0.1, 0.15) is 25.6 Å². The Kier molecular flexibility index (Phi) is 7.87. The Balaban J connectivity index is 1.72. The van der Waals surface area contributed by atoms with E-state index in [4.69, 9.17) is 9.47 Å². The van der Waals surface area contributed by atoms with Crippen LogP contribution in [-0.2, 0) is 14.4 Å². The van der Waals surface area contributed by atoms with Crippen LogP contribution in [0.5, 0.6) is 11.5 Å². The lowest BCUT2D eigenvalue weighted by Gasteiger charge is -2.28. The van der Waals surface area contributed by atoms with Crippen molar-refractivity contribution in [2.75, 3.05) is 30.0 Å². The minimum atomic E-state index is -0.402. The number of amides is 3. The van der Waals surface area contributed by atoms with Crippen molar-refractivity contribution in [2.24, 2.45) is 0 Å². The fourth-order valence-corrected chi connectivity index (χ4v) is 3.17. The van der Waals surface area contributed by atoms with E-state index in [1.807, 2.05) is 20.8 Å². The molecule has 2 N–H and O–H groups in total. The third-order valence-corrected chi connectivity index (χ3v) is 5.30. The number of benzene rings is 1. The number of nitrogens with one attached hydrogen (secondary N) is 2. The predicted octanol–water partition coefficient (Wildman–Crippen LogP) is 2.91. The first-order valence-electron chi connectivity index (χ1n) is 11.0. The van der Waals surface area contributed by atoms with Crippen LogP contribution in [0.2, 0.25) is 0 Å². The summed E-state index contributed by atoms with van der Waals surface area (Å²) in [6.45, 7) is 6.50. The second kappa shape index (κ2) is 10.8. The topological polar surface area (TPSA) is 110 Å². The number of carbonyl (C=O) groups excluding carboxylic acids is 3. The van der Waals surface area contributed by atoms with E-state index in [2.05, 4.69) is 15.6 Å². The van der Waals surface area contributed by atoms with Gasteiger partial charge in [0.25, 0.3) is 0 Å². The maximum absolute atomic E-state index is 13.1. The lowest BCUT2D eigenvalue weighted by atomic mass is 10.0. The van der Waals surface area contributed by atoms with Crippen LogP contribution < -0.4 is 25.0 Å². The van der Waals surface area contributed by atoms with Crippen molar-refractivity contribution < 1.29 is 23.9 Å². The fourth-order valence-electron chi connectivity index (χ4n) is 3.17. The van der Waals surface area contributed by atoms with Gasteiger partial charge in [-0.2, -0.15) is 0 Å². The molecular formula is C24H30N4O5. The molecule has 0 radical (unpaired) electrons. The van der Waals surface area contributed by atoms with Gasteiger partial charge in [0.15, 0.2) is 11.5 Å². The standard InChI is InChI=1S/C24H30N4O5/c1-4-24(2,3)27-22(30)16-28(17-8-9-18-19(15-17)33-14-13-32-18)23(31)11-10-21(29)26-20-7-5-6-12-25-20/h5-9,12,15H,4,10-11,13-14,16H2,1-3H3,(H,27,30)(H,25,26,29). The lowest BCUT2D eigenvalue weighted by Crippen LogP contribution is -2.48. The van der Waals surface area contributed by atoms with Crippen LogP contribution in [0.25, 0.3) is 0 Å². The molecule has 1 aliphatic heterocycles. The minimum Gasteiger partial charge on any atom is -0.486 e. The molecular weight excluding hydrogens is 424 g/mol. The molecule has 0 spiro atoms. The number of ether oxygens (including phenoxy) is 2. The summed E-state index contributed by atoms with van der Waals surface area (Å²) in [7, 11) is 0. The van der Waals surface area contributed by atoms with Crippen molar-refractivity contribution in [1.29, 1.82) is 0 Å². The van der Waals surface area contributed by atoms with Gasteiger partial charge in [0.2, 0.25) is 17.7 Å². The van der Waals surface area contributed by atoms with E-state index in [1.165, 1.54) is 4.90 Å². The number of pyridine rings is 1. The third kappa shape index (κ3) is 6.93. The maximum atomic E-state index is 13.1. The first-order chi connectivity index (χ1) is 15.8. The lowest BCUT2D eigenvalue weighted by molar-refractivity contribution is -0.125. The quantitative estimate of drug-likeness (QED) is 0.603. The summed E-state index contributed by atoms with van der Waals surface area (Å²) < 4.78 is 11.2. The zero-order valence-electron chi connectivity index (χ0n) is 19.2. The molecule has 2 aromatic rings. The first kappa shape index (κ1) is 24.0. The van der Waals surface area contributed by atoms with Crippen LogP contribution in [0, 0.1) is 0 Å². The summed E-state index contributed by atoms with van der Waals surface area (Å²) in [4.78, 5) is 43.5. The fraction of sp³-hybridized carbons (Fsp3) is 0.417. The molecule has 3 amide bonds. The Morgan fingerprint density at radius 1 is 1.03 bits per heavy atom. The SMILES string of the molecule is CCC(C)(C)NC(=O)CN(C(=O)CCC(=O)Nc1ccccn1)c1ccc2c(c1)OCCO2. The molecule has 9 heteroatoms. The molecule has 0 bridgehead atoms. The van der Waals surface area contributed by atoms with Crippen LogP contribution in [0.15, 0.2) is 42.6 Å². The Hall–Kier alpha value is -3.62. The van der Waals surface area contributed by atoms with E-state index in [1.54, 1.807) is 42.6 Å². The molecule has 0 aliphatic carbocycles. The van der Waals surface area contributed by atoms with Crippen molar-refractivity contribution in [1.82, 2.24) is 10.3 Å². The number of rotatable bonds is 9. The Morgan fingerprint density at radius 3 is 2.48 bits per heavy atom. The molecule has 33 heavy (non-hydrogen) atoms. The van der Waals surface area contributed by atoms with E-state index in [0.717, 1.165) is 6.42 Å². The molecule has 0 atom stereocenters. The van der Waals surface area contributed by atoms with E-state index < -0.39 is 5.54 Å². The summed E-state index contributed by atoms with van der Waals surface area (Å²) in [6.07, 6.45) is 2.20. The van der Waals surface area contributed by atoms with Crippen molar-refractivity contribution in [3.63, 3.8) is 0 Å². The molecule has 1 aromatic carbocycles. The van der Waals surface area contributed by atoms with E-state index in [0.29, 0.717) is 36.2 Å². The molecule has 0 fully saturated rings. The monoisotopic (exact) mass is 454 g/mol. The van der Waals surface area contributed by atoms with E-state index in [9.17, 15) is 14.4 Å². The maximum Gasteiger partial charge on any atom is 0.240 e. The van der Waals surface area contributed by atoms with Gasteiger partial charge in [-0.05, 0) is 44.5 Å². The average molecular weight is 455 g/mol. The zero-order valence-corrected chi connectivity index (χ0v) is 19.2. The number of hydrogen-bond donors (Lipinski definition) is 2. The van der Waals surface area contributed by atoms with Crippen molar-refractivity contribution in [3.05, 3.63) is 42.6 Å². The highest BCUT2D eigenvalue weighted by atomic mass is 16.6. The summed E-state index contributed by atoms with van der Waals surface area (Å²) in [6, 6.07) is 10.3. The van der Waals surface area contributed by atoms with Gasteiger partial charge in [-0.25, -0.2) is 4.98 Å². The summed E-state index contributed by atoms with van der Waals surface area (Å²) in [5.41, 5.74) is 0.0973. The summed E-state index contributed by atoms with van der Waals surface area (Å²) in [5, 5.41) is 5.60. The average Bonchev–Trinajstić information content (AvgIpc) is 2.81. The molecule has 0 saturated heterocycles. The van der Waals surface area contributed by atoms with Crippen molar-refractivity contribution in [3.8, 4) is 11.5 Å². The first-order valence-corrected chi connectivity index (χ1v) is 11.0. The van der Waals surface area contributed by atoms with E-state index in [-0.39, 0.29) is 37.1 Å². The van der Waals surface area contributed by atoms with Crippen molar-refractivity contribution >= 4 is 29.2 Å². The zero-order chi connectivity index (χ0) is 23.8. The number of nitrogens with zero attached hydrogens (tertiary/aromatic N) is 2. The number of carbonyl (C=O) groups is 3. The molecule has 176 valence electrons. The second-order valence-electron chi connectivity index (χ2n) is 8.36. The molecule has 3 rings (SSSR count). The molecule has 1 aromatic heterocycles. The molecule has 1 aliphatic rings. The molecule has 0 unspecified atom stereocenters. The van der Waals surface area contributed by atoms with Crippen LogP contribution in [0.4, 0.5) is 11.5 Å². The van der Waals surface area contributed by atoms with Gasteiger partial charge < -0.3 is 25.0 Å². The normalized spacial score (nSPS) is 12.6. The van der Waals surface area contributed by atoms with Gasteiger partial charge in [0.05, 0.1) is 0 Å². The third-order valence-electron chi connectivity index (χ3n) is 5.30. The predicted molar refractivity (Wildman–Crippen MR) is 124 cm³/mol. The Labute approximate surface area is 193 Å². The molecule has 9 nitrogen and oxygen atoms in total. The van der Waals surface area contributed by atoms with Crippen LogP contribution in [0.1, 0.15) is 40.0 Å². The largest absolute Gasteiger partial charge is 0.486 e. The van der Waals surface area contributed by atoms with Crippen molar-refractivity contribution in [2.45, 2.75) is 45.6 Å². The second-order valence-corrected chi connectivity index (χ2v) is 8.36. The summed E-state index contributed by atoms with van der Waals surface area (Å²) in [5.74, 6) is 0.540. The highest BCUT2D eigenvalue weighted by Crippen LogP contribution is 2.34. The number of aromatic nitrogens is 1. The molecule has 0 saturated carbocycles. The number of anilines is 2. The van der Waals surface area contributed by atoms with Crippen LogP contribution in [-0.4, -0.2) is 48.0 Å². The molecule has 2 heterocycles. The van der Waals surface area contributed by atoms with E-state index >= 15 is 0 Å². The van der Waals surface area contributed by atoms with Gasteiger partial charge in [-0.3, -0.25) is 14.4 Å². The van der Waals surface area contributed by atoms with Gasteiger partial charge in [-0.1, -0.05) is 13.0 Å². The summed E-state index contributed by atoms with van der Waals surface area (Å²) >= 11 is 0. The van der Waals surface area contributed by atoms with Crippen LogP contribution in [0.3, 0.4) is 0 Å². The Morgan fingerprint density at radius 2 is 1.79 bits per heavy atom. The smallest absolute Gasteiger partial charge is 0.240 e. The Bertz CT molecular complexity index is 994. The highest BCUT2D eigenvalue weighted by molar-refractivity contribution is 6.01. The number of hydrogen-bond acceptors (Lipinski definition) is 6. The van der Waals surface area contributed by atoms with Crippen LogP contribution >= 0.6 is 0 Å². The number of fused-ring (bicyclic) bond motifs is 1.